The Balaban J connectivity index is 3.01. The van der Waals surface area contributed by atoms with Crippen molar-refractivity contribution < 1.29 is 14.4 Å². The molecule has 0 radical (unpaired) electrons. The van der Waals surface area contributed by atoms with Crippen LogP contribution in [0.15, 0.2) is 10.3 Å². The number of hydrogen-bond donors (Lipinski definition) is 0. The summed E-state index contributed by atoms with van der Waals surface area (Å²) < 4.78 is 0.184. The van der Waals surface area contributed by atoms with Crippen molar-refractivity contribution in [1.29, 1.82) is 0 Å². The van der Waals surface area contributed by atoms with Gasteiger partial charge in [-0.05, 0) is 5.22 Å². The van der Waals surface area contributed by atoms with Crippen LogP contribution in [0.1, 0.15) is 0 Å². The number of halogens is 1. The molecule has 1 aliphatic rings. The molecule has 0 aromatic carbocycles. The van der Waals surface area contributed by atoms with Crippen LogP contribution in [0.25, 0.3) is 0 Å². The van der Waals surface area contributed by atoms with E-state index in [1.807, 2.05) is 0 Å². The van der Waals surface area contributed by atoms with E-state index in [-0.39, 0.29) is 4.53 Å². The van der Waals surface area contributed by atoms with Crippen molar-refractivity contribution in [2.75, 3.05) is 0 Å². The van der Waals surface area contributed by atoms with Crippen molar-refractivity contribution in [3.05, 3.63) is 0 Å². The summed E-state index contributed by atoms with van der Waals surface area (Å²) in [7, 11) is 0. The molecule has 6 nitrogen and oxygen atoms in total. The molecule has 0 unspecified atom stereocenters. The number of carbonyl (C=O) groups excluding carboxylic acids is 3. The van der Waals surface area contributed by atoms with E-state index in [0.29, 0.717) is 0 Å². The molecule has 1 rings (SSSR count). The summed E-state index contributed by atoms with van der Waals surface area (Å²) in [5.74, 6) is -3.64. The van der Waals surface area contributed by atoms with Gasteiger partial charge >= 0.3 is 17.6 Å². The maximum absolute atomic E-state index is 10.4. The third kappa shape index (κ3) is 0.883. The highest BCUT2D eigenvalue weighted by Gasteiger charge is 2.31. The highest BCUT2D eigenvalue weighted by atomic mass is 35.5. The molecule has 0 saturated heterocycles. The van der Waals surface area contributed by atoms with Gasteiger partial charge in [-0.2, -0.15) is 0 Å². The van der Waals surface area contributed by atoms with Gasteiger partial charge in [0.05, 0.1) is 0 Å². The van der Waals surface area contributed by atoms with Crippen molar-refractivity contribution in [2.24, 2.45) is 10.3 Å². The summed E-state index contributed by atoms with van der Waals surface area (Å²) >= 11 is 4.98. The minimum Gasteiger partial charge on any atom is -0.277 e. The van der Waals surface area contributed by atoms with Crippen LogP contribution in [0, 0.1) is 0 Å². The summed E-state index contributed by atoms with van der Waals surface area (Å²) in [5.41, 5.74) is 0. The molecule has 52 valence electrons. The monoisotopic (exact) mass is 161 g/mol. The zero-order chi connectivity index (χ0) is 7.72. The zero-order valence-electron chi connectivity index (χ0n) is 4.44. The first-order valence-corrected chi connectivity index (χ1v) is 2.47. The highest BCUT2D eigenvalue weighted by molar-refractivity contribution is 6.65. The highest BCUT2D eigenvalue weighted by Crippen LogP contribution is 2.04. The SMILES string of the molecule is O=C1N=NN(Cl)C(=O)C1=O. The lowest BCUT2D eigenvalue weighted by Gasteiger charge is -2.05. The van der Waals surface area contributed by atoms with E-state index >= 15 is 0 Å². The number of rotatable bonds is 0. The predicted octanol–water partition coefficient (Wildman–Crippen LogP) is -0.555. The number of hydrogen-bond acceptors (Lipinski definition) is 4. The van der Waals surface area contributed by atoms with E-state index in [9.17, 15) is 14.4 Å². The van der Waals surface area contributed by atoms with Gasteiger partial charge in [0.2, 0.25) is 0 Å². The van der Waals surface area contributed by atoms with Crippen molar-refractivity contribution in [3.8, 4) is 0 Å². The van der Waals surface area contributed by atoms with E-state index in [4.69, 9.17) is 11.8 Å². The normalized spacial score (nSPS) is 18.5. The molecule has 0 saturated carbocycles. The third-order valence-corrected chi connectivity index (χ3v) is 0.991. The van der Waals surface area contributed by atoms with Gasteiger partial charge in [0.1, 0.15) is 0 Å². The topological polar surface area (TPSA) is 79.2 Å². The second-order valence-corrected chi connectivity index (χ2v) is 1.71. The van der Waals surface area contributed by atoms with Crippen molar-refractivity contribution in [1.82, 2.24) is 4.53 Å². The zero-order valence-corrected chi connectivity index (χ0v) is 5.20. The lowest BCUT2D eigenvalue weighted by atomic mass is 10.3. The molecule has 0 N–H and O–H groups in total. The largest absolute Gasteiger partial charge is 0.343 e. The smallest absolute Gasteiger partial charge is 0.277 e. The standard InChI is InChI=1S/C3ClN3O3/c4-7-3(10)1(8)2(9)5-6-7. The Morgan fingerprint density at radius 2 is 1.90 bits per heavy atom. The fraction of sp³-hybridized carbons (Fsp3) is 0. The molecule has 7 heteroatoms. The molecule has 0 spiro atoms. The van der Waals surface area contributed by atoms with Gasteiger partial charge in [0.25, 0.3) is 0 Å². The van der Waals surface area contributed by atoms with E-state index in [1.54, 1.807) is 0 Å². The number of ketones is 1. The van der Waals surface area contributed by atoms with Gasteiger partial charge in [-0.1, -0.05) is 5.11 Å². The third-order valence-electron chi connectivity index (χ3n) is 0.770. The van der Waals surface area contributed by atoms with Crippen LogP contribution in [0.2, 0.25) is 0 Å². The minimum atomic E-state index is -1.27. The Hall–Kier alpha value is -1.30. The Morgan fingerprint density at radius 3 is 2.40 bits per heavy atom. The minimum absolute atomic E-state index is 0.184. The van der Waals surface area contributed by atoms with Gasteiger partial charge < -0.3 is 0 Å². The summed E-state index contributed by atoms with van der Waals surface area (Å²) in [6.45, 7) is 0. The molecule has 0 fully saturated rings. The number of nitrogens with zero attached hydrogens (tertiary/aromatic N) is 3. The van der Waals surface area contributed by atoms with Gasteiger partial charge in [-0.25, -0.2) is 0 Å². The molecular weight excluding hydrogens is 162 g/mol. The summed E-state index contributed by atoms with van der Waals surface area (Å²) in [5, 5.41) is 5.60. The number of amides is 2. The van der Waals surface area contributed by atoms with Crippen LogP contribution in [-0.4, -0.2) is 22.1 Å². The molecule has 1 heterocycles. The first-order valence-electron chi connectivity index (χ1n) is 2.13. The van der Waals surface area contributed by atoms with Gasteiger partial charge in [0, 0.05) is 11.8 Å². The lowest BCUT2D eigenvalue weighted by Crippen LogP contribution is -2.34. The number of Topliss-reactive ketones (excluding diaryl/α,β-unsaturated/α-hetero) is 1. The fourth-order valence-electron chi connectivity index (χ4n) is 0.341. The second-order valence-electron chi connectivity index (χ2n) is 1.39. The van der Waals surface area contributed by atoms with Crippen LogP contribution < -0.4 is 0 Å². The number of carbonyl (C=O) groups is 3. The predicted molar refractivity (Wildman–Crippen MR) is 27.6 cm³/mol. The van der Waals surface area contributed by atoms with Crippen LogP contribution in [0.5, 0.6) is 0 Å². The van der Waals surface area contributed by atoms with Crippen molar-refractivity contribution >= 4 is 29.4 Å². The molecule has 0 aromatic rings. The van der Waals surface area contributed by atoms with Crippen molar-refractivity contribution in [2.45, 2.75) is 0 Å². The maximum Gasteiger partial charge on any atom is 0.343 e. The lowest BCUT2D eigenvalue weighted by molar-refractivity contribution is -0.149. The molecular formula is C3ClN3O3. The van der Waals surface area contributed by atoms with Crippen LogP contribution in [0.4, 0.5) is 0 Å². The van der Waals surface area contributed by atoms with E-state index < -0.39 is 17.6 Å². The average Bonchev–Trinajstić information content (AvgIpc) is 1.93. The second kappa shape index (κ2) is 2.14. The molecule has 1 aliphatic heterocycles. The molecule has 0 atom stereocenters. The van der Waals surface area contributed by atoms with E-state index in [0.717, 1.165) is 0 Å². The van der Waals surface area contributed by atoms with Crippen LogP contribution in [0.3, 0.4) is 0 Å². The average molecular weight is 162 g/mol. The van der Waals surface area contributed by atoms with Crippen molar-refractivity contribution in [3.63, 3.8) is 0 Å². The molecule has 0 bridgehead atoms. The van der Waals surface area contributed by atoms with E-state index in [2.05, 4.69) is 10.3 Å². The first-order chi connectivity index (χ1) is 4.63. The van der Waals surface area contributed by atoms with Crippen LogP contribution >= 0.6 is 11.8 Å². The quantitative estimate of drug-likeness (QED) is 0.353. The molecule has 0 aromatic heterocycles. The Bertz CT molecular complexity index is 247. The molecule has 2 amide bonds. The fourth-order valence-corrected chi connectivity index (χ4v) is 0.452. The molecule has 10 heavy (non-hydrogen) atoms. The summed E-state index contributed by atoms with van der Waals surface area (Å²) in [4.78, 5) is 31.0. The molecule has 0 aliphatic carbocycles. The van der Waals surface area contributed by atoms with Gasteiger partial charge in [0.15, 0.2) is 0 Å². The van der Waals surface area contributed by atoms with Gasteiger partial charge in [-0.3, -0.25) is 14.4 Å². The first kappa shape index (κ1) is 6.81. The van der Waals surface area contributed by atoms with Gasteiger partial charge in [-0.15, -0.1) is 4.53 Å². The van der Waals surface area contributed by atoms with E-state index in [1.165, 1.54) is 0 Å². The summed E-state index contributed by atoms with van der Waals surface area (Å²) in [6, 6.07) is 0. The van der Waals surface area contributed by atoms with Crippen LogP contribution in [-0.2, 0) is 14.4 Å². The Kier molecular flexibility index (Phi) is 1.46. The Labute approximate surface area is 59.5 Å². The maximum atomic E-state index is 10.4. The summed E-state index contributed by atoms with van der Waals surface area (Å²) in [6.07, 6.45) is 0. The Morgan fingerprint density at radius 1 is 1.30 bits per heavy atom.